The Morgan fingerprint density at radius 1 is 0.750 bits per heavy atom. The van der Waals surface area contributed by atoms with Crippen molar-refractivity contribution in [3.8, 4) is 29.8 Å². The van der Waals surface area contributed by atoms with Gasteiger partial charge in [0.2, 0.25) is 0 Å². The molecule has 0 amide bonds. The monoisotopic (exact) mass is 210 g/mol. The quantitative estimate of drug-likeness (QED) is 0.722. The lowest BCUT2D eigenvalue weighted by Gasteiger charge is -2.05. The number of ether oxygens (including phenoxy) is 2. The van der Waals surface area contributed by atoms with Gasteiger partial charge in [0.25, 0.3) is 0 Å². The van der Waals surface area contributed by atoms with E-state index in [1.807, 2.05) is 30.3 Å². The Labute approximate surface area is 94.4 Å². The molecule has 0 aliphatic rings. The van der Waals surface area contributed by atoms with E-state index in [9.17, 15) is 0 Å². The molecular weight excluding hydrogens is 200 g/mol. The van der Waals surface area contributed by atoms with Gasteiger partial charge in [0.1, 0.15) is 23.4 Å². The third-order valence-electron chi connectivity index (χ3n) is 1.98. The summed E-state index contributed by atoms with van der Waals surface area (Å²) >= 11 is 0. The van der Waals surface area contributed by atoms with Gasteiger partial charge in [0.15, 0.2) is 0 Å². The summed E-state index contributed by atoms with van der Waals surface area (Å²) in [6, 6.07) is 16.7. The highest BCUT2D eigenvalue weighted by molar-refractivity contribution is 5.35. The Balaban J connectivity index is 2.09. The average molecular weight is 210 g/mol. The summed E-state index contributed by atoms with van der Waals surface area (Å²) in [6.45, 7) is 0. The zero-order valence-corrected chi connectivity index (χ0v) is 8.59. The maximum atomic E-state index is 5.60. The Morgan fingerprint density at radius 3 is 1.94 bits per heavy atom. The maximum absolute atomic E-state index is 5.60. The molecule has 2 aromatic rings. The third-order valence-corrected chi connectivity index (χ3v) is 1.98. The van der Waals surface area contributed by atoms with E-state index in [4.69, 9.17) is 15.9 Å². The molecule has 0 saturated heterocycles. The van der Waals surface area contributed by atoms with Gasteiger partial charge in [-0.05, 0) is 36.4 Å². The number of hydrogen-bond donors (Lipinski definition) is 0. The smallest absolute Gasteiger partial charge is 0.140 e. The molecule has 0 aliphatic carbocycles. The molecule has 2 heteroatoms. The Kier molecular flexibility index (Phi) is 3.10. The number of para-hydroxylation sites is 1. The minimum Gasteiger partial charge on any atom is -0.457 e. The highest BCUT2D eigenvalue weighted by Gasteiger charge is 1.97. The van der Waals surface area contributed by atoms with E-state index in [-0.39, 0.29) is 0 Å². The molecule has 0 atom stereocenters. The molecule has 2 nitrogen and oxygen atoms in total. The van der Waals surface area contributed by atoms with Gasteiger partial charge < -0.3 is 9.47 Å². The summed E-state index contributed by atoms with van der Waals surface area (Å²) in [5.74, 6) is 2.17. The van der Waals surface area contributed by atoms with E-state index in [2.05, 4.69) is 6.11 Å². The van der Waals surface area contributed by atoms with Gasteiger partial charge in [0.05, 0.1) is 0 Å². The number of hydrogen-bond acceptors (Lipinski definition) is 2. The van der Waals surface area contributed by atoms with Crippen LogP contribution in [-0.2, 0) is 0 Å². The van der Waals surface area contributed by atoms with Crippen molar-refractivity contribution in [3.05, 3.63) is 54.6 Å². The van der Waals surface area contributed by atoms with Gasteiger partial charge in [-0.1, -0.05) is 24.6 Å². The van der Waals surface area contributed by atoms with Gasteiger partial charge in [-0.15, -0.1) is 0 Å². The van der Waals surface area contributed by atoms with Crippen molar-refractivity contribution in [1.29, 1.82) is 0 Å². The predicted molar refractivity (Wildman–Crippen MR) is 62.4 cm³/mol. The molecule has 0 aromatic heterocycles. The molecule has 0 spiro atoms. The maximum Gasteiger partial charge on any atom is 0.140 e. The molecule has 0 bridgehead atoms. The van der Waals surface area contributed by atoms with E-state index >= 15 is 0 Å². The molecular formula is C14H10O2. The first-order valence-electron chi connectivity index (χ1n) is 4.84. The van der Waals surface area contributed by atoms with Crippen LogP contribution in [0.4, 0.5) is 0 Å². The molecule has 0 fully saturated rings. The Hall–Kier alpha value is -2.40. The molecule has 2 rings (SSSR count). The lowest BCUT2D eigenvalue weighted by Crippen LogP contribution is -1.84. The highest BCUT2D eigenvalue weighted by Crippen LogP contribution is 2.23. The van der Waals surface area contributed by atoms with E-state index in [1.54, 1.807) is 24.3 Å². The minimum atomic E-state index is 0.628. The number of benzene rings is 2. The van der Waals surface area contributed by atoms with Crippen molar-refractivity contribution in [2.24, 2.45) is 0 Å². The van der Waals surface area contributed by atoms with E-state index in [0.29, 0.717) is 5.75 Å². The van der Waals surface area contributed by atoms with Gasteiger partial charge in [-0.2, -0.15) is 0 Å². The standard InChI is InChI=1S/C14H10O2/c1-2-15-12-8-10-14(11-9-12)16-13-6-4-3-5-7-13/h1,3-11H. The zero-order chi connectivity index (χ0) is 11.2. The van der Waals surface area contributed by atoms with Crippen LogP contribution in [0, 0.1) is 12.5 Å². The number of rotatable bonds is 3. The Bertz CT molecular complexity index is 480. The Morgan fingerprint density at radius 2 is 1.31 bits per heavy atom. The van der Waals surface area contributed by atoms with Crippen LogP contribution in [0.1, 0.15) is 0 Å². The second-order valence-corrected chi connectivity index (χ2v) is 3.11. The fourth-order valence-corrected chi connectivity index (χ4v) is 1.27. The van der Waals surface area contributed by atoms with Crippen molar-refractivity contribution in [1.82, 2.24) is 0 Å². The molecule has 16 heavy (non-hydrogen) atoms. The van der Waals surface area contributed by atoms with Gasteiger partial charge in [-0.25, -0.2) is 0 Å². The van der Waals surface area contributed by atoms with Crippen LogP contribution in [0.15, 0.2) is 54.6 Å². The molecule has 78 valence electrons. The second kappa shape index (κ2) is 4.90. The first-order chi connectivity index (χ1) is 7.88. The van der Waals surface area contributed by atoms with Gasteiger partial charge in [-0.3, -0.25) is 0 Å². The molecule has 0 saturated carbocycles. The molecule has 2 aromatic carbocycles. The fraction of sp³-hybridized carbons (Fsp3) is 0. The topological polar surface area (TPSA) is 18.5 Å². The molecule has 0 radical (unpaired) electrons. The van der Waals surface area contributed by atoms with Crippen molar-refractivity contribution >= 4 is 0 Å². The fourth-order valence-electron chi connectivity index (χ4n) is 1.27. The second-order valence-electron chi connectivity index (χ2n) is 3.11. The zero-order valence-electron chi connectivity index (χ0n) is 8.59. The first kappa shape index (κ1) is 10.1. The van der Waals surface area contributed by atoms with Crippen LogP contribution >= 0.6 is 0 Å². The predicted octanol–water partition coefficient (Wildman–Crippen LogP) is 3.45. The van der Waals surface area contributed by atoms with Crippen LogP contribution in [-0.4, -0.2) is 0 Å². The summed E-state index contributed by atoms with van der Waals surface area (Å²) < 4.78 is 10.5. The first-order valence-corrected chi connectivity index (χ1v) is 4.84. The van der Waals surface area contributed by atoms with Gasteiger partial charge in [0, 0.05) is 0 Å². The number of terminal acetylenes is 1. The van der Waals surface area contributed by atoms with Crippen LogP contribution in [0.2, 0.25) is 0 Å². The summed E-state index contributed by atoms with van der Waals surface area (Å²) in [5.41, 5.74) is 0. The molecule has 0 aliphatic heterocycles. The third kappa shape index (κ3) is 2.55. The van der Waals surface area contributed by atoms with E-state index in [1.165, 1.54) is 0 Å². The summed E-state index contributed by atoms with van der Waals surface area (Å²) in [7, 11) is 0. The van der Waals surface area contributed by atoms with Crippen molar-refractivity contribution in [2.75, 3.05) is 0 Å². The molecule has 0 unspecified atom stereocenters. The van der Waals surface area contributed by atoms with Crippen LogP contribution in [0.25, 0.3) is 0 Å². The van der Waals surface area contributed by atoms with Crippen LogP contribution in [0.3, 0.4) is 0 Å². The van der Waals surface area contributed by atoms with Gasteiger partial charge >= 0.3 is 0 Å². The van der Waals surface area contributed by atoms with E-state index in [0.717, 1.165) is 11.5 Å². The van der Waals surface area contributed by atoms with Crippen LogP contribution in [0.5, 0.6) is 17.2 Å². The average Bonchev–Trinajstić information content (AvgIpc) is 2.33. The summed E-state index contributed by atoms with van der Waals surface area (Å²) in [4.78, 5) is 0. The van der Waals surface area contributed by atoms with E-state index < -0.39 is 0 Å². The normalized spacial score (nSPS) is 9.19. The lowest BCUT2D eigenvalue weighted by atomic mass is 10.3. The lowest BCUT2D eigenvalue weighted by molar-refractivity contribution is 0.478. The SMILES string of the molecule is C#COc1ccc(Oc2ccccc2)cc1. The van der Waals surface area contributed by atoms with Crippen molar-refractivity contribution in [2.45, 2.75) is 0 Å². The molecule has 0 heterocycles. The summed E-state index contributed by atoms with van der Waals surface area (Å²) in [6.07, 6.45) is 7.13. The van der Waals surface area contributed by atoms with Crippen molar-refractivity contribution < 1.29 is 9.47 Å². The largest absolute Gasteiger partial charge is 0.457 e. The molecule has 0 N–H and O–H groups in total. The highest BCUT2D eigenvalue weighted by atomic mass is 16.5. The minimum absolute atomic E-state index is 0.628. The summed E-state index contributed by atoms with van der Waals surface area (Å²) in [5, 5.41) is 0. The van der Waals surface area contributed by atoms with Crippen molar-refractivity contribution in [3.63, 3.8) is 0 Å². The van der Waals surface area contributed by atoms with Crippen LogP contribution < -0.4 is 9.47 Å².